The molecule has 4 aromatic rings. The van der Waals surface area contributed by atoms with Gasteiger partial charge in [0.1, 0.15) is 5.76 Å². The minimum absolute atomic E-state index is 0.130. The molecule has 4 aromatic heterocycles. The molecule has 0 radical (unpaired) electrons. The van der Waals surface area contributed by atoms with E-state index in [9.17, 15) is 9.59 Å². The van der Waals surface area contributed by atoms with E-state index in [0.717, 1.165) is 5.69 Å². The Morgan fingerprint density at radius 2 is 1.82 bits per heavy atom. The molecule has 0 spiro atoms. The van der Waals surface area contributed by atoms with Crippen LogP contribution in [0.2, 0.25) is 0 Å². The number of fused-ring (bicyclic) bond motifs is 1. The van der Waals surface area contributed by atoms with Crippen LogP contribution in [0.4, 0.5) is 0 Å². The van der Waals surface area contributed by atoms with Crippen molar-refractivity contribution in [1.82, 2.24) is 25.0 Å². The maximum absolute atomic E-state index is 12.7. The average molecular weight is 375 g/mol. The van der Waals surface area contributed by atoms with Crippen LogP contribution in [0.25, 0.3) is 5.52 Å². The van der Waals surface area contributed by atoms with E-state index >= 15 is 0 Å². The second-order valence-electron chi connectivity index (χ2n) is 6.01. The molecule has 28 heavy (non-hydrogen) atoms. The molecule has 0 aliphatic carbocycles. The second kappa shape index (κ2) is 7.75. The Morgan fingerprint density at radius 3 is 2.61 bits per heavy atom. The third-order valence-corrected chi connectivity index (χ3v) is 4.13. The molecule has 4 heterocycles. The van der Waals surface area contributed by atoms with Gasteiger partial charge >= 0.3 is 0 Å². The third kappa shape index (κ3) is 3.61. The summed E-state index contributed by atoms with van der Waals surface area (Å²) in [5, 5.41) is 5.54. The van der Waals surface area contributed by atoms with Crippen molar-refractivity contribution in [3.63, 3.8) is 0 Å². The normalized spacial score (nSPS) is 10.7. The van der Waals surface area contributed by atoms with Crippen LogP contribution in [0.5, 0.6) is 0 Å². The Morgan fingerprint density at radius 1 is 0.964 bits per heavy atom. The Bertz CT molecular complexity index is 1100. The molecular weight excluding hydrogens is 358 g/mol. The molecule has 4 rings (SSSR count). The van der Waals surface area contributed by atoms with Gasteiger partial charge in [0.15, 0.2) is 5.69 Å². The molecule has 140 valence electrons. The number of nitrogens with one attached hydrogen (secondary N) is 2. The first-order chi connectivity index (χ1) is 13.7. The first-order valence-electron chi connectivity index (χ1n) is 8.68. The van der Waals surface area contributed by atoms with Gasteiger partial charge in [0.05, 0.1) is 30.6 Å². The van der Waals surface area contributed by atoms with Crippen molar-refractivity contribution < 1.29 is 14.0 Å². The predicted molar refractivity (Wildman–Crippen MR) is 100 cm³/mol. The number of nitrogens with zero attached hydrogens (tertiary/aromatic N) is 3. The maximum atomic E-state index is 12.7. The predicted octanol–water partition coefficient (Wildman–Crippen LogP) is 2.18. The lowest BCUT2D eigenvalue weighted by Crippen LogP contribution is -2.26. The number of carbonyl (C=O) groups is 2. The number of amides is 2. The summed E-state index contributed by atoms with van der Waals surface area (Å²) in [4.78, 5) is 33.7. The highest BCUT2D eigenvalue weighted by molar-refractivity contribution is 6.02. The summed E-state index contributed by atoms with van der Waals surface area (Å²) in [7, 11) is 0. The highest BCUT2D eigenvalue weighted by Gasteiger charge is 2.21. The molecule has 0 aliphatic heterocycles. The minimum Gasteiger partial charge on any atom is -0.467 e. The fraction of sp³-hybridized carbons (Fsp3) is 0.100. The number of furan rings is 1. The van der Waals surface area contributed by atoms with Gasteiger partial charge in [0, 0.05) is 12.4 Å². The van der Waals surface area contributed by atoms with Crippen LogP contribution in [-0.2, 0) is 13.1 Å². The molecule has 0 saturated carbocycles. The maximum Gasteiger partial charge on any atom is 0.288 e. The summed E-state index contributed by atoms with van der Waals surface area (Å²) >= 11 is 0. The average Bonchev–Trinajstić information content (AvgIpc) is 3.39. The molecule has 0 unspecified atom stereocenters. The SMILES string of the molecule is O=C(NCc1ccccn1)c1nc(C(=O)NCc2ccco2)n2ccccc12. The Labute approximate surface area is 160 Å². The number of rotatable bonds is 6. The number of carbonyl (C=O) groups excluding carboxylic acids is 2. The monoisotopic (exact) mass is 375 g/mol. The largest absolute Gasteiger partial charge is 0.467 e. The van der Waals surface area contributed by atoms with Crippen molar-refractivity contribution in [2.24, 2.45) is 0 Å². The van der Waals surface area contributed by atoms with E-state index in [1.807, 2.05) is 18.2 Å². The summed E-state index contributed by atoms with van der Waals surface area (Å²) in [6.45, 7) is 0.500. The molecule has 0 bridgehead atoms. The molecule has 2 amide bonds. The minimum atomic E-state index is -0.402. The smallest absolute Gasteiger partial charge is 0.288 e. The van der Waals surface area contributed by atoms with Gasteiger partial charge in [-0.3, -0.25) is 19.0 Å². The van der Waals surface area contributed by atoms with Crippen molar-refractivity contribution in [1.29, 1.82) is 0 Å². The van der Waals surface area contributed by atoms with Crippen molar-refractivity contribution >= 4 is 17.3 Å². The number of pyridine rings is 2. The van der Waals surface area contributed by atoms with Crippen LogP contribution in [0.3, 0.4) is 0 Å². The Kier molecular flexibility index (Phi) is 4.83. The van der Waals surface area contributed by atoms with E-state index in [2.05, 4.69) is 20.6 Å². The van der Waals surface area contributed by atoms with E-state index < -0.39 is 5.91 Å². The van der Waals surface area contributed by atoms with Gasteiger partial charge in [0.25, 0.3) is 11.8 Å². The van der Waals surface area contributed by atoms with E-state index in [1.165, 1.54) is 6.26 Å². The molecule has 0 atom stereocenters. The highest BCUT2D eigenvalue weighted by Crippen LogP contribution is 2.14. The summed E-state index contributed by atoms with van der Waals surface area (Å²) < 4.78 is 6.80. The number of aromatic nitrogens is 3. The molecule has 8 heteroatoms. The van der Waals surface area contributed by atoms with Crippen molar-refractivity contribution in [2.45, 2.75) is 13.1 Å². The summed E-state index contributed by atoms with van der Waals surface area (Å²) in [6, 6.07) is 14.3. The van der Waals surface area contributed by atoms with E-state index in [4.69, 9.17) is 4.42 Å². The van der Waals surface area contributed by atoms with Gasteiger partial charge in [0.2, 0.25) is 5.82 Å². The summed E-state index contributed by atoms with van der Waals surface area (Å²) in [5.41, 5.74) is 1.46. The van der Waals surface area contributed by atoms with Crippen LogP contribution in [0, 0.1) is 0 Å². The van der Waals surface area contributed by atoms with Crippen LogP contribution < -0.4 is 10.6 Å². The van der Waals surface area contributed by atoms with Gasteiger partial charge < -0.3 is 15.1 Å². The number of imidazole rings is 1. The van der Waals surface area contributed by atoms with Crippen LogP contribution in [-0.4, -0.2) is 26.2 Å². The van der Waals surface area contributed by atoms with Gasteiger partial charge in [-0.25, -0.2) is 4.98 Å². The van der Waals surface area contributed by atoms with Gasteiger partial charge in [-0.05, 0) is 36.4 Å². The fourth-order valence-corrected chi connectivity index (χ4v) is 2.78. The lowest BCUT2D eigenvalue weighted by molar-refractivity contribution is 0.0937. The first kappa shape index (κ1) is 17.5. The van der Waals surface area contributed by atoms with Gasteiger partial charge in [-0.15, -0.1) is 0 Å². The summed E-state index contributed by atoms with van der Waals surface area (Å²) in [5.74, 6) is -0.0199. The highest BCUT2D eigenvalue weighted by atomic mass is 16.3. The zero-order chi connectivity index (χ0) is 19.3. The molecule has 0 aromatic carbocycles. The van der Waals surface area contributed by atoms with Crippen molar-refractivity contribution in [3.05, 3.63) is 90.2 Å². The second-order valence-corrected chi connectivity index (χ2v) is 6.01. The molecule has 0 fully saturated rings. The molecule has 0 saturated heterocycles. The molecule has 2 N–H and O–H groups in total. The molecule has 8 nitrogen and oxygen atoms in total. The molecule has 0 aliphatic rings. The summed E-state index contributed by atoms with van der Waals surface area (Å²) in [6.07, 6.45) is 4.89. The standard InChI is InChI=1S/C20H17N5O3/c26-19(22-12-14-6-1-3-9-21-14)17-16-8-2-4-10-25(16)18(24-17)20(27)23-13-15-7-5-11-28-15/h1-11H,12-13H2,(H,22,26)(H,23,27). The van der Waals surface area contributed by atoms with E-state index in [-0.39, 0.29) is 30.5 Å². The Balaban J connectivity index is 1.55. The Hall–Kier alpha value is -3.94. The quantitative estimate of drug-likeness (QED) is 0.538. The van der Waals surface area contributed by atoms with Crippen molar-refractivity contribution in [3.8, 4) is 0 Å². The lowest BCUT2D eigenvalue weighted by Gasteiger charge is -2.03. The molecular formula is C20H17N5O3. The first-order valence-corrected chi connectivity index (χ1v) is 8.68. The van der Waals surface area contributed by atoms with Crippen LogP contribution in [0.1, 0.15) is 32.6 Å². The van der Waals surface area contributed by atoms with Crippen molar-refractivity contribution in [2.75, 3.05) is 0 Å². The zero-order valence-corrected chi connectivity index (χ0v) is 14.8. The number of hydrogen-bond donors (Lipinski definition) is 2. The van der Waals surface area contributed by atoms with E-state index in [0.29, 0.717) is 11.3 Å². The lowest BCUT2D eigenvalue weighted by atomic mass is 10.3. The van der Waals surface area contributed by atoms with Gasteiger partial charge in [-0.2, -0.15) is 0 Å². The van der Waals surface area contributed by atoms with Crippen LogP contribution >= 0.6 is 0 Å². The van der Waals surface area contributed by atoms with E-state index in [1.54, 1.807) is 47.1 Å². The zero-order valence-electron chi connectivity index (χ0n) is 14.8. The fourth-order valence-electron chi connectivity index (χ4n) is 2.78. The third-order valence-electron chi connectivity index (χ3n) is 4.13. The topological polar surface area (TPSA) is 102 Å². The van der Waals surface area contributed by atoms with Gasteiger partial charge in [-0.1, -0.05) is 12.1 Å². The van der Waals surface area contributed by atoms with Crippen LogP contribution in [0.15, 0.2) is 71.6 Å². The number of hydrogen-bond acceptors (Lipinski definition) is 5.